The molecule has 5 rings (SSSR count). The number of carbonyl (C=O) groups is 2. The largest absolute Gasteiger partial charge is 0.417 e. The molecule has 0 unspecified atom stereocenters. The van der Waals surface area contributed by atoms with E-state index in [0.717, 1.165) is 12.1 Å². The number of aromatic nitrogens is 1. The van der Waals surface area contributed by atoms with Crippen LogP contribution in [0.3, 0.4) is 0 Å². The van der Waals surface area contributed by atoms with Crippen LogP contribution in [0.5, 0.6) is 0 Å². The molecule has 144 valence electrons. The van der Waals surface area contributed by atoms with E-state index in [9.17, 15) is 22.8 Å². The number of amides is 2. The molecule has 0 fully saturated rings. The van der Waals surface area contributed by atoms with E-state index in [2.05, 4.69) is 4.98 Å². The number of oxazole rings is 1. The van der Waals surface area contributed by atoms with Crippen LogP contribution in [0, 0.1) is 0 Å². The van der Waals surface area contributed by atoms with Crippen LogP contribution >= 0.6 is 0 Å². The molecule has 1 aliphatic heterocycles. The first-order valence-electron chi connectivity index (χ1n) is 8.33. The number of hydrogen-bond donors (Lipinski definition) is 1. The maximum absolute atomic E-state index is 12.8. The topological polar surface area (TPSA) is 127 Å². The van der Waals surface area contributed by atoms with Crippen molar-refractivity contribution in [2.45, 2.75) is 4.90 Å². The van der Waals surface area contributed by atoms with Gasteiger partial charge in [0.25, 0.3) is 11.8 Å². The van der Waals surface area contributed by atoms with Gasteiger partial charge in [0.2, 0.25) is 0 Å². The van der Waals surface area contributed by atoms with Crippen molar-refractivity contribution < 1.29 is 26.7 Å². The van der Waals surface area contributed by atoms with E-state index in [1.807, 2.05) is 0 Å². The number of nitrogens with zero attached hydrogens (tertiary/aromatic N) is 1. The molecule has 29 heavy (non-hydrogen) atoms. The predicted molar refractivity (Wildman–Crippen MR) is 99.6 cm³/mol. The fourth-order valence-corrected chi connectivity index (χ4v) is 4.20. The van der Waals surface area contributed by atoms with E-state index in [1.165, 1.54) is 18.2 Å². The molecule has 0 saturated heterocycles. The van der Waals surface area contributed by atoms with Crippen LogP contribution in [0.4, 0.5) is 0 Å². The second kappa shape index (κ2) is 5.87. The summed E-state index contributed by atoms with van der Waals surface area (Å²) in [7, 11) is -4.57. The Bertz CT molecular complexity index is 1460. The van der Waals surface area contributed by atoms with Crippen molar-refractivity contribution in [1.29, 1.82) is 0 Å². The normalized spacial score (nSPS) is 14.1. The highest BCUT2D eigenvalue weighted by Crippen LogP contribution is 2.31. The molecule has 10 heteroatoms. The third-order valence-corrected chi connectivity index (χ3v) is 5.76. The number of hydrogen-bond acceptors (Lipinski definition) is 7. The second-order valence-electron chi connectivity index (χ2n) is 6.32. The van der Waals surface area contributed by atoms with Gasteiger partial charge in [-0.3, -0.25) is 14.6 Å². The maximum atomic E-state index is 12.8. The Morgan fingerprint density at radius 1 is 0.897 bits per heavy atom. The van der Waals surface area contributed by atoms with E-state index in [-0.39, 0.29) is 26.7 Å². The van der Waals surface area contributed by atoms with Gasteiger partial charge < -0.3 is 4.42 Å². The first-order valence-corrected chi connectivity index (χ1v) is 9.74. The van der Waals surface area contributed by atoms with Crippen molar-refractivity contribution in [1.82, 2.24) is 10.0 Å². The molecular formula is C19H10N2O7S. The van der Waals surface area contributed by atoms with Crippen molar-refractivity contribution in [3.05, 3.63) is 76.3 Å². The fraction of sp³-hybridized carbons (Fsp3) is 0. The molecule has 9 nitrogen and oxygen atoms in total. The molecule has 0 atom stereocenters. The molecule has 1 aromatic heterocycles. The number of benzene rings is 3. The first kappa shape index (κ1) is 17.3. The summed E-state index contributed by atoms with van der Waals surface area (Å²) in [6.45, 7) is 0. The number of fused-ring (bicyclic) bond motifs is 1. The number of nitrogens with one attached hydrogen (secondary N) is 1. The second-order valence-corrected chi connectivity index (χ2v) is 7.84. The molecule has 0 aliphatic carbocycles. The third kappa shape index (κ3) is 2.57. The molecular weight excluding hydrogens is 400 g/mol. The summed E-state index contributed by atoms with van der Waals surface area (Å²) in [6, 6.07) is 13.3. The van der Waals surface area contributed by atoms with Gasteiger partial charge in [-0.05, 0) is 29.7 Å². The average Bonchev–Trinajstić information content (AvgIpc) is 3.08. The van der Waals surface area contributed by atoms with Gasteiger partial charge in [0.1, 0.15) is 0 Å². The number of rotatable bonds is 3. The lowest BCUT2D eigenvalue weighted by Gasteiger charge is -2.25. The molecule has 0 bridgehead atoms. The number of aromatic amines is 1. The average molecular weight is 410 g/mol. The minimum absolute atomic E-state index is 0.00825. The molecule has 0 radical (unpaired) electrons. The van der Waals surface area contributed by atoms with E-state index in [0.29, 0.717) is 16.3 Å². The summed E-state index contributed by atoms with van der Waals surface area (Å²) < 4.78 is 35.1. The van der Waals surface area contributed by atoms with Gasteiger partial charge in [-0.25, -0.2) is 4.79 Å². The number of H-pyrrole nitrogens is 1. The Morgan fingerprint density at radius 3 is 2.21 bits per heavy atom. The molecule has 2 amide bonds. The van der Waals surface area contributed by atoms with Gasteiger partial charge in [-0.1, -0.05) is 24.3 Å². The highest BCUT2D eigenvalue weighted by molar-refractivity contribution is 7.86. The summed E-state index contributed by atoms with van der Waals surface area (Å²) in [5.41, 5.74) is 0.589. The molecule has 1 N–H and O–H groups in total. The summed E-state index contributed by atoms with van der Waals surface area (Å²) in [5.74, 6) is -2.53. The zero-order chi connectivity index (χ0) is 20.3. The van der Waals surface area contributed by atoms with Crippen LogP contribution < -0.4 is 5.76 Å². The van der Waals surface area contributed by atoms with Crippen LogP contribution in [0.15, 0.2) is 68.7 Å². The highest BCUT2D eigenvalue weighted by atomic mass is 32.2. The van der Waals surface area contributed by atoms with Crippen molar-refractivity contribution >= 4 is 43.8 Å². The lowest BCUT2D eigenvalue weighted by molar-refractivity contribution is -0.0155. The lowest BCUT2D eigenvalue weighted by Crippen LogP contribution is -2.41. The molecule has 2 heterocycles. The minimum atomic E-state index is -4.57. The van der Waals surface area contributed by atoms with Crippen LogP contribution in [0.1, 0.15) is 20.7 Å². The fourth-order valence-electron chi connectivity index (χ4n) is 3.30. The molecule has 0 saturated carbocycles. The summed E-state index contributed by atoms with van der Waals surface area (Å²) in [5, 5.41) is 1.35. The lowest BCUT2D eigenvalue weighted by atomic mass is 9.95. The van der Waals surface area contributed by atoms with E-state index in [4.69, 9.17) is 8.70 Å². The van der Waals surface area contributed by atoms with Crippen molar-refractivity contribution in [3.8, 4) is 0 Å². The highest BCUT2D eigenvalue weighted by Gasteiger charge is 2.37. The first-order chi connectivity index (χ1) is 13.8. The van der Waals surface area contributed by atoms with Gasteiger partial charge in [0, 0.05) is 11.5 Å². The number of carbonyl (C=O) groups excluding carboxylic acids is 2. The Kier molecular flexibility index (Phi) is 3.51. The maximum Gasteiger partial charge on any atom is 0.417 e. The molecule has 3 aromatic carbocycles. The number of imide groups is 1. The Balaban J connectivity index is 1.58. The van der Waals surface area contributed by atoms with Crippen LogP contribution in [-0.4, -0.2) is 30.3 Å². The summed E-state index contributed by atoms with van der Waals surface area (Å²) in [4.78, 5) is 38.8. The van der Waals surface area contributed by atoms with Crippen molar-refractivity contribution in [2.24, 2.45) is 0 Å². The van der Waals surface area contributed by atoms with E-state index < -0.39 is 27.7 Å². The smallest absolute Gasteiger partial charge is 0.408 e. The Hall–Kier alpha value is -3.76. The van der Waals surface area contributed by atoms with Crippen molar-refractivity contribution in [2.75, 3.05) is 0 Å². The van der Waals surface area contributed by atoms with Crippen molar-refractivity contribution in [3.63, 3.8) is 0 Å². The van der Waals surface area contributed by atoms with Gasteiger partial charge in [0.15, 0.2) is 5.58 Å². The summed E-state index contributed by atoms with van der Waals surface area (Å²) in [6.07, 6.45) is 0. The summed E-state index contributed by atoms with van der Waals surface area (Å²) >= 11 is 0. The zero-order valence-corrected chi connectivity index (χ0v) is 15.2. The molecule has 1 aliphatic rings. The number of hydroxylamine groups is 2. The van der Waals surface area contributed by atoms with Crippen LogP contribution in [0.25, 0.3) is 21.9 Å². The Labute approximate surface area is 162 Å². The van der Waals surface area contributed by atoms with Gasteiger partial charge >= 0.3 is 15.9 Å². The quantitative estimate of drug-likeness (QED) is 0.513. The van der Waals surface area contributed by atoms with Gasteiger partial charge in [-0.15, -0.1) is 9.35 Å². The minimum Gasteiger partial charge on any atom is -0.408 e. The Morgan fingerprint density at radius 2 is 1.55 bits per heavy atom. The molecule has 0 spiro atoms. The SMILES string of the molecule is O=C1c2cccc3cccc(c23)C(=O)N1OS(=O)(=O)c1ccc2[nH]c(=O)oc2c1. The van der Waals surface area contributed by atoms with Gasteiger partial charge in [-0.2, -0.15) is 8.42 Å². The zero-order valence-electron chi connectivity index (χ0n) is 14.4. The van der Waals surface area contributed by atoms with Crippen LogP contribution in [0.2, 0.25) is 0 Å². The monoisotopic (exact) mass is 410 g/mol. The van der Waals surface area contributed by atoms with Gasteiger partial charge in [0.05, 0.1) is 21.5 Å². The van der Waals surface area contributed by atoms with Crippen LogP contribution in [-0.2, 0) is 14.4 Å². The molecule has 4 aromatic rings. The van der Waals surface area contributed by atoms with E-state index in [1.54, 1.807) is 24.3 Å². The van der Waals surface area contributed by atoms with E-state index >= 15 is 0 Å². The third-order valence-electron chi connectivity index (χ3n) is 4.59. The standard InChI is InChI=1S/C19H10N2O7S/c22-17-12-5-1-3-10-4-2-6-13(16(10)12)18(23)21(17)28-29(25,26)11-7-8-14-15(9-11)27-19(24)20-14/h1-9H,(H,20,24). The predicted octanol–water partition coefficient (Wildman–Crippen LogP) is 2.19.